The van der Waals surface area contributed by atoms with Gasteiger partial charge in [0.1, 0.15) is 6.54 Å². The molecule has 0 heterocycles. The summed E-state index contributed by atoms with van der Waals surface area (Å²) in [5, 5.41) is 2.75. The molecule has 0 unspecified atom stereocenters. The van der Waals surface area contributed by atoms with Gasteiger partial charge in [0.05, 0.1) is 24.8 Å². The normalized spacial score (nSPS) is 11.1. The van der Waals surface area contributed by atoms with Crippen LogP contribution in [0.1, 0.15) is 16.7 Å². The summed E-state index contributed by atoms with van der Waals surface area (Å²) >= 11 is 0. The van der Waals surface area contributed by atoms with Gasteiger partial charge in [-0.25, -0.2) is 8.42 Å². The predicted octanol–water partition coefficient (Wildman–Crippen LogP) is 4.46. The summed E-state index contributed by atoms with van der Waals surface area (Å²) < 4.78 is 38.8. The van der Waals surface area contributed by atoms with Crippen LogP contribution in [-0.2, 0) is 14.8 Å². The SMILES string of the molecule is COc1ccc(NC(=O)CN(c2cccc(C)c2C)S(=O)(=O)c2ccc(C)cc2)cc1OC. The number of hydrogen-bond acceptors (Lipinski definition) is 5. The monoisotopic (exact) mass is 468 g/mol. The largest absolute Gasteiger partial charge is 0.493 e. The van der Waals surface area contributed by atoms with Crippen molar-refractivity contribution in [1.82, 2.24) is 0 Å². The second-order valence-electron chi connectivity index (χ2n) is 7.66. The van der Waals surface area contributed by atoms with Crippen molar-refractivity contribution >= 4 is 27.3 Å². The molecule has 0 radical (unpaired) electrons. The zero-order valence-electron chi connectivity index (χ0n) is 19.4. The van der Waals surface area contributed by atoms with Gasteiger partial charge < -0.3 is 14.8 Å². The van der Waals surface area contributed by atoms with Crippen LogP contribution < -0.4 is 19.1 Å². The Balaban J connectivity index is 1.97. The number of amides is 1. The first-order valence-corrected chi connectivity index (χ1v) is 11.8. The van der Waals surface area contributed by atoms with Gasteiger partial charge in [0.15, 0.2) is 11.5 Å². The molecular weight excluding hydrogens is 440 g/mol. The molecule has 1 amide bonds. The van der Waals surface area contributed by atoms with Gasteiger partial charge in [-0.05, 0) is 62.2 Å². The molecule has 0 saturated heterocycles. The van der Waals surface area contributed by atoms with Crippen LogP contribution in [-0.4, -0.2) is 35.1 Å². The standard InChI is InChI=1S/C25H28N2O5S/c1-17-9-12-21(13-10-17)33(29,30)27(22-8-6-7-18(2)19(22)3)16-25(28)26-20-11-14-23(31-4)24(15-20)32-5/h6-15H,16H2,1-5H3,(H,26,28). The smallest absolute Gasteiger partial charge is 0.264 e. The highest BCUT2D eigenvalue weighted by molar-refractivity contribution is 7.92. The number of rotatable bonds is 8. The lowest BCUT2D eigenvalue weighted by Gasteiger charge is -2.26. The van der Waals surface area contributed by atoms with Crippen molar-refractivity contribution in [3.63, 3.8) is 0 Å². The number of nitrogens with zero attached hydrogens (tertiary/aromatic N) is 1. The van der Waals surface area contributed by atoms with E-state index < -0.39 is 22.5 Å². The lowest BCUT2D eigenvalue weighted by atomic mass is 10.1. The molecule has 0 aliphatic carbocycles. The van der Waals surface area contributed by atoms with E-state index in [1.165, 1.54) is 14.2 Å². The molecule has 8 heteroatoms. The van der Waals surface area contributed by atoms with Gasteiger partial charge >= 0.3 is 0 Å². The van der Waals surface area contributed by atoms with E-state index in [4.69, 9.17) is 9.47 Å². The molecule has 1 N–H and O–H groups in total. The van der Waals surface area contributed by atoms with E-state index in [9.17, 15) is 13.2 Å². The average molecular weight is 469 g/mol. The third-order valence-corrected chi connectivity index (χ3v) is 7.18. The first kappa shape index (κ1) is 24.1. The topological polar surface area (TPSA) is 84.9 Å². The van der Waals surface area contributed by atoms with Crippen molar-refractivity contribution in [3.8, 4) is 11.5 Å². The molecular formula is C25H28N2O5S. The number of nitrogens with one attached hydrogen (secondary N) is 1. The van der Waals surface area contributed by atoms with Gasteiger partial charge in [-0.3, -0.25) is 9.10 Å². The summed E-state index contributed by atoms with van der Waals surface area (Å²) in [4.78, 5) is 13.1. The molecule has 0 aliphatic heterocycles. The van der Waals surface area contributed by atoms with Gasteiger partial charge in [0.25, 0.3) is 10.0 Å². The zero-order chi connectivity index (χ0) is 24.2. The first-order valence-electron chi connectivity index (χ1n) is 10.3. The Morgan fingerprint density at radius 1 is 0.909 bits per heavy atom. The van der Waals surface area contributed by atoms with Crippen molar-refractivity contribution < 1.29 is 22.7 Å². The van der Waals surface area contributed by atoms with Crippen LogP contribution >= 0.6 is 0 Å². The van der Waals surface area contributed by atoms with E-state index >= 15 is 0 Å². The summed E-state index contributed by atoms with van der Waals surface area (Å²) in [5.41, 5.74) is 3.58. The van der Waals surface area contributed by atoms with E-state index in [1.807, 2.05) is 26.8 Å². The highest BCUT2D eigenvalue weighted by atomic mass is 32.2. The van der Waals surface area contributed by atoms with Crippen molar-refractivity contribution in [2.45, 2.75) is 25.7 Å². The second-order valence-corrected chi connectivity index (χ2v) is 9.52. The summed E-state index contributed by atoms with van der Waals surface area (Å²) in [7, 11) is -0.971. The number of aryl methyl sites for hydroxylation is 2. The van der Waals surface area contributed by atoms with E-state index in [-0.39, 0.29) is 4.90 Å². The minimum atomic E-state index is -3.99. The minimum Gasteiger partial charge on any atom is -0.493 e. The summed E-state index contributed by atoms with van der Waals surface area (Å²) in [6, 6.07) is 16.9. The van der Waals surface area contributed by atoms with E-state index in [0.29, 0.717) is 22.9 Å². The number of methoxy groups -OCH3 is 2. The summed E-state index contributed by atoms with van der Waals surface area (Å²) in [6.45, 7) is 5.23. The van der Waals surface area contributed by atoms with Crippen molar-refractivity contribution in [2.75, 3.05) is 30.4 Å². The molecule has 0 atom stereocenters. The Kier molecular flexibility index (Phi) is 7.28. The molecule has 3 aromatic carbocycles. The summed E-state index contributed by atoms with van der Waals surface area (Å²) in [5.74, 6) is 0.488. The Hall–Kier alpha value is -3.52. The average Bonchev–Trinajstić information content (AvgIpc) is 2.79. The number of anilines is 2. The quantitative estimate of drug-likeness (QED) is 0.528. The lowest BCUT2D eigenvalue weighted by Crippen LogP contribution is -2.38. The lowest BCUT2D eigenvalue weighted by molar-refractivity contribution is -0.114. The Bertz CT molecular complexity index is 1250. The van der Waals surface area contributed by atoms with Gasteiger partial charge in [0, 0.05) is 11.8 Å². The molecule has 0 spiro atoms. The number of ether oxygens (including phenoxy) is 2. The molecule has 174 valence electrons. The number of sulfonamides is 1. The minimum absolute atomic E-state index is 0.118. The van der Waals surface area contributed by atoms with Crippen LogP contribution in [0.25, 0.3) is 0 Å². The molecule has 0 bridgehead atoms. The van der Waals surface area contributed by atoms with Crippen LogP contribution in [0.15, 0.2) is 65.6 Å². The van der Waals surface area contributed by atoms with Crippen LogP contribution in [0.2, 0.25) is 0 Å². The zero-order valence-corrected chi connectivity index (χ0v) is 20.2. The fourth-order valence-electron chi connectivity index (χ4n) is 3.39. The Morgan fingerprint density at radius 3 is 2.21 bits per heavy atom. The Labute approximate surface area is 195 Å². The van der Waals surface area contributed by atoms with Gasteiger partial charge in [-0.2, -0.15) is 0 Å². The highest BCUT2D eigenvalue weighted by Crippen LogP contribution is 2.31. The van der Waals surface area contributed by atoms with Gasteiger partial charge in [0.2, 0.25) is 5.91 Å². The molecule has 0 saturated carbocycles. The number of hydrogen-bond donors (Lipinski definition) is 1. The van der Waals surface area contributed by atoms with Crippen molar-refractivity contribution in [1.29, 1.82) is 0 Å². The van der Waals surface area contributed by atoms with Crippen LogP contribution in [0.4, 0.5) is 11.4 Å². The molecule has 33 heavy (non-hydrogen) atoms. The maximum Gasteiger partial charge on any atom is 0.264 e. The molecule has 3 aromatic rings. The Morgan fingerprint density at radius 2 is 1.58 bits per heavy atom. The number of carbonyl (C=O) groups is 1. The highest BCUT2D eigenvalue weighted by Gasteiger charge is 2.28. The maximum atomic E-state index is 13.6. The van der Waals surface area contributed by atoms with Crippen LogP contribution in [0, 0.1) is 20.8 Å². The van der Waals surface area contributed by atoms with E-state index in [1.54, 1.807) is 54.6 Å². The van der Waals surface area contributed by atoms with E-state index in [2.05, 4.69) is 5.32 Å². The predicted molar refractivity (Wildman–Crippen MR) is 130 cm³/mol. The second kappa shape index (κ2) is 9.95. The fourth-order valence-corrected chi connectivity index (χ4v) is 4.87. The third kappa shape index (κ3) is 5.28. The molecule has 7 nitrogen and oxygen atoms in total. The number of benzene rings is 3. The molecule has 0 fully saturated rings. The summed E-state index contributed by atoms with van der Waals surface area (Å²) in [6.07, 6.45) is 0. The maximum absolute atomic E-state index is 13.6. The third-order valence-electron chi connectivity index (χ3n) is 5.41. The van der Waals surface area contributed by atoms with Crippen LogP contribution in [0.5, 0.6) is 11.5 Å². The van der Waals surface area contributed by atoms with Crippen molar-refractivity contribution in [3.05, 3.63) is 77.4 Å². The molecule has 0 aliphatic rings. The van der Waals surface area contributed by atoms with Crippen LogP contribution in [0.3, 0.4) is 0 Å². The van der Waals surface area contributed by atoms with Gasteiger partial charge in [-0.1, -0.05) is 29.8 Å². The first-order chi connectivity index (χ1) is 15.7. The number of carbonyl (C=O) groups excluding carboxylic acids is 1. The van der Waals surface area contributed by atoms with E-state index in [0.717, 1.165) is 21.0 Å². The van der Waals surface area contributed by atoms with Crippen molar-refractivity contribution in [2.24, 2.45) is 0 Å². The fraction of sp³-hybridized carbons (Fsp3) is 0.240. The molecule has 3 rings (SSSR count). The van der Waals surface area contributed by atoms with Gasteiger partial charge in [-0.15, -0.1) is 0 Å². The molecule has 0 aromatic heterocycles.